The summed E-state index contributed by atoms with van der Waals surface area (Å²) < 4.78 is 23.8. The number of anilines is 1. The molecule has 6 rings (SSSR count). The fourth-order valence-electron chi connectivity index (χ4n) is 5.11. The third-order valence-electron chi connectivity index (χ3n) is 7.43. The second kappa shape index (κ2) is 12.0. The van der Waals surface area contributed by atoms with Crippen molar-refractivity contribution in [1.82, 2.24) is 9.47 Å². The molecule has 43 heavy (non-hydrogen) atoms. The Morgan fingerprint density at radius 1 is 1.02 bits per heavy atom. The number of thioether (sulfide) groups is 1. The van der Waals surface area contributed by atoms with Gasteiger partial charge in [0.25, 0.3) is 11.5 Å². The normalized spacial score (nSPS) is 15.8. The van der Waals surface area contributed by atoms with Crippen LogP contribution >= 0.6 is 24.0 Å². The lowest BCUT2D eigenvalue weighted by Gasteiger charge is -2.20. The molecule has 1 amide bonds. The second-order valence-electron chi connectivity index (χ2n) is 10.2. The molecule has 0 spiro atoms. The van der Waals surface area contributed by atoms with Gasteiger partial charge in [0.15, 0.2) is 23.0 Å². The molecule has 1 N–H and O–H groups in total. The van der Waals surface area contributed by atoms with Gasteiger partial charge in [-0.05, 0) is 60.4 Å². The Hall–Kier alpha value is -4.47. The third-order valence-corrected chi connectivity index (χ3v) is 8.81. The maximum absolute atomic E-state index is 13.7. The van der Waals surface area contributed by atoms with Crippen molar-refractivity contribution in [2.45, 2.75) is 46.3 Å². The SMILES string of the molecule is CCCCn1c(NCc2ccc3c(c2)OCO3)c(/C=C2/SC(=S)N(Cc3ccc4c(c3)OCO4)C2=O)c(C)c(C#N)c1=O. The highest BCUT2D eigenvalue weighted by Crippen LogP contribution is 2.38. The highest BCUT2D eigenvalue weighted by molar-refractivity contribution is 8.26. The lowest BCUT2D eigenvalue weighted by molar-refractivity contribution is -0.122. The summed E-state index contributed by atoms with van der Waals surface area (Å²) in [5, 5.41) is 13.4. The summed E-state index contributed by atoms with van der Waals surface area (Å²) in [7, 11) is 0. The van der Waals surface area contributed by atoms with Gasteiger partial charge >= 0.3 is 0 Å². The summed E-state index contributed by atoms with van der Waals surface area (Å²) in [6.07, 6.45) is 3.33. The molecule has 3 aliphatic heterocycles. The number of unbranched alkanes of at least 4 members (excludes halogenated alkanes) is 1. The van der Waals surface area contributed by atoms with Crippen molar-refractivity contribution < 1.29 is 23.7 Å². The average molecular weight is 617 g/mol. The van der Waals surface area contributed by atoms with Crippen molar-refractivity contribution in [1.29, 1.82) is 5.26 Å². The molecule has 4 heterocycles. The third kappa shape index (κ3) is 5.53. The van der Waals surface area contributed by atoms with E-state index < -0.39 is 0 Å². The first-order valence-corrected chi connectivity index (χ1v) is 15.0. The first-order chi connectivity index (χ1) is 20.9. The van der Waals surface area contributed by atoms with Crippen LogP contribution in [0.1, 0.15) is 47.6 Å². The first kappa shape index (κ1) is 28.6. The summed E-state index contributed by atoms with van der Waals surface area (Å²) in [5.41, 5.74) is 2.54. The van der Waals surface area contributed by atoms with Crippen molar-refractivity contribution >= 4 is 46.1 Å². The lowest BCUT2D eigenvalue weighted by atomic mass is 10.0. The number of carbonyl (C=O) groups excluding carboxylic acids is 1. The van der Waals surface area contributed by atoms with E-state index in [4.69, 9.17) is 31.2 Å². The van der Waals surface area contributed by atoms with E-state index in [2.05, 4.69) is 11.4 Å². The minimum absolute atomic E-state index is 0.0480. The number of pyridine rings is 1. The number of nitrogens with one attached hydrogen (secondary N) is 1. The average Bonchev–Trinajstić information content (AvgIpc) is 3.73. The summed E-state index contributed by atoms with van der Waals surface area (Å²) in [4.78, 5) is 29.1. The molecule has 0 bridgehead atoms. The molecular weight excluding hydrogens is 588 g/mol. The highest BCUT2D eigenvalue weighted by Gasteiger charge is 2.33. The van der Waals surface area contributed by atoms with Crippen LogP contribution in [0.5, 0.6) is 23.0 Å². The Bertz CT molecular complexity index is 1780. The molecular formula is C31H28N4O6S2. The molecule has 12 heteroatoms. The molecule has 220 valence electrons. The molecule has 1 saturated heterocycles. The van der Waals surface area contributed by atoms with Crippen molar-refractivity contribution in [3.63, 3.8) is 0 Å². The Morgan fingerprint density at radius 3 is 2.35 bits per heavy atom. The van der Waals surface area contributed by atoms with Crippen molar-refractivity contribution in [3.8, 4) is 29.1 Å². The minimum Gasteiger partial charge on any atom is -0.454 e. The van der Waals surface area contributed by atoms with Gasteiger partial charge in [-0.15, -0.1) is 0 Å². The molecule has 10 nitrogen and oxygen atoms in total. The van der Waals surface area contributed by atoms with Gasteiger partial charge in [-0.1, -0.05) is 49.5 Å². The van der Waals surface area contributed by atoms with E-state index in [1.54, 1.807) is 17.6 Å². The number of rotatable bonds is 9. The number of benzene rings is 2. The number of aromatic nitrogens is 1. The lowest BCUT2D eigenvalue weighted by Crippen LogP contribution is -2.28. The van der Waals surface area contributed by atoms with Crippen LogP contribution in [0.4, 0.5) is 5.82 Å². The van der Waals surface area contributed by atoms with Gasteiger partial charge in [-0.2, -0.15) is 5.26 Å². The zero-order chi connectivity index (χ0) is 30.1. The number of fused-ring (bicyclic) bond motifs is 2. The summed E-state index contributed by atoms with van der Waals surface area (Å²) in [5.74, 6) is 2.92. The maximum atomic E-state index is 13.7. The second-order valence-corrected chi connectivity index (χ2v) is 11.9. The summed E-state index contributed by atoms with van der Waals surface area (Å²) in [6.45, 7) is 5.17. The molecule has 1 fully saturated rings. The fraction of sp³-hybridized carbons (Fsp3) is 0.290. The quantitative estimate of drug-likeness (QED) is 0.251. The molecule has 0 radical (unpaired) electrons. The van der Waals surface area contributed by atoms with Gasteiger partial charge < -0.3 is 24.3 Å². The zero-order valence-corrected chi connectivity index (χ0v) is 25.2. The van der Waals surface area contributed by atoms with Crippen LogP contribution in [0.15, 0.2) is 46.1 Å². The van der Waals surface area contributed by atoms with E-state index >= 15 is 0 Å². The van der Waals surface area contributed by atoms with E-state index in [1.165, 1.54) is 16.7 Å². The van der Waals surface area contributed by atoms with Crippen LogP contribution in [-0.4, -0.2) is 33.3 Å². The van der Waals surface area contributed by atoms with Crippen LogP contribution in [0, 0.1) is 18.3 Å². The monoisotopic (exact) mass is 616 g/mol. The Balaban J connectivity index is 1.36. The van der Waals surface area contributed by atoms with E-state index in [0.29, 0.717) is 62.3 Å². The van der Waals surface area contributed by atoms with Crippen LogP contribution in [0.25, 0.3) is 6.08 Å². The topological polar surface area (TPSA) is 115 Å². The van der Waals surface area contributed by atoms with Crippen molar-refractivity contribution in [2.75, 3.05) is 18.9 Å². The van der Waals surface area contributed by atoms with Crippen LogP contribution in [-0.2, 0) is 24.4 Å². The standard InChI is InChI=1S/C31H28N4O6S2/c1-3-4-9-34-28(33-14-19-5-7-23-25(10-19)40-16-38-23)21(18(2)22(13-32)29(34)36)12-27-30(37)35(31(42)43-27)15-20-6-8-24-26(11-20)41-17-39-24/h5-8,10-12,33H,3-4,9,14-17H2,1-2H3/b27-12+. The van der Waals surface area contributed by atoms with Crippen molar-refractivity contribution in [3.05, 3.63) is 79.5 Å². The van der Waals surface area contributed by atoms with E-state index in [9.17, 15) is 14.9 Å². The molecule has 2 aromatic carbocycles. The first-order valence-electron chi connectivity index (χ1n) is 13.8. The van der Waals surface area contributed by atoms with Crippen LogP contribution in [0.2, 0.25) is 0 Å². The van der Waals surface area contributed by atoms with Crippen LogP contribution in [0.3, 0.4) is 0 Å². The molecule has 3 aliphatic rings. The summed E-state index contributed by atoms with van der Waals surface area (Å²) >= 11 is 6.80. The maximum Gasteiger partial charge on any atom is 0.270 e. The molecule has 0 atom stereocenters. The fourth-order valence-corrected chi connectivity index (χ4v) is 6.35. The molecule has 0 unspecified atom stereocenters. The number of nitrogens with zero attached hydrogens (tertiary/aromatic N) is 3. The number of hydrogen-bond acceptors (Lipinski definition) is 10. The number of hydrogen-bond donors (Lipinski definition) is 1. The van der Waals surface area contributed by atoms with E-state index in [-0.39, 0.29) is 37.2 Å². The minimum atomic E-state index is -0.367. The van der Waals surface area contributed by atoms with Gasteiger partial charge in [-0.3, -0.25) is 19.1 Å². The molecule has 1 aromatic heterocycles. The Morgan fingerprint density at radius 2 is 1.67 bits per heavy atom. The van der Waals surface area contributed by atoms with Gasteiger partial charge in [0.2, 0.25) is 13.6 Å². The molecule has 0 saturated carbocycles. The number of nitriles is 1. The van der Waals surface area contributed by atoms with E-state index in [0.717, 1.165) is 24.0 Å². The highest BCUT2D eigenvalue weighted by atomic mass is 32.2. The number of ether oxygens (including phenoxy) is 4. The zero-order valence-electron chi connectivity index (χ0n) is 23.6. The largest absolute Gasteiger partial charge is 0.454 e. The van der Waals surface area contributed by atoms with Crippen LogP contribution < -0.4 is 29.8 Å². The Kier molecular flexibility index (Phi) is 8.01. The molecule has 0 aliphatic carbocycles. The molecule has 3 aromatic rings. The van der Waals surface area contributed by atoms with E-state index in [1.807, 2.05) is 43.3 Å². The van der Waals surface area contributed by atoms with Gasteiger partial charge in [0.05, 0.1) is 11.4 Å². The smallest absolute Gasteiger partial charge is 0.270 e. The number of carbonyl (C=O) groups is 1. The van der Waals surface area contributed by atoms with Gasteiger partial charge in [0, 0.05) is 18.7 Å². The predicted octanol–water partition coefficient (Wildman–Crippen LogP) is 5.30. The van der Waals surface area contributed by atoms with Gasteiger partial charge in [0.1, 0.15) is 21.8 Å². The Labute approximate surface area is 257 Å². The van der Waals surface area contributed by atoms with Gasteiger partial charge in [-0.25, -0.2) is 0 Å². The predicted molar refractivity (Wildman–Crippen MR) is 166 cm³/mol. The van der Waals surface area contributed by atoms with Crippen molar-refractivity contribution in [2.24, 2.45) is 0 Å². The summed E-state index contributed by atoms with van der Waals surface area (Å²) in [6, 6.07) is 13.3. The number of thiocarbonyl (C=S) groups is 1. The number of amides is 1.